The molecular weight excluding hydrogens is 288 g/mol. The first-order valence-corrected chi connectivity index (χ1v) is 8.90. The van der Waals surface area contributed by atoms with E-state index in [9.17, 15) is 8.42 Å². The molecule has 1 saturated carbocycles. The summed E-state index contributed by atoms with van der Waals surface area (Å²) >= 11 is 0. The van der Waals surface area contributed by atoms with Crippen LogP contribution in [0.3, 0.4) is 0 Å². The molecule has 0 amide bonds. The van der Waals surface area contributed by atoms with Gasteiger partial charge in [-0.25, -0.2) is 8.42 Å². The number of halogens is 1. The molecule has 19 heavy (non-hydrogen) atoms. The molecule has 7 heteroatoms. The number of nitrogens with zero attached hydrogens (tertiary/aromatic N) is 2. The molecule has 5 nitrogen and oxygen atoms in total. The normalized spacial score (nSPS) is 19.3. The van der Waals surface area contributed by atoms with Crippen LogP contribution in [0.4, 0.5) is 0 Å². The van der Waals surface area contributed by atoms with E-state index in [0.29, 0.717) is 12.4 Å². The minimum absolute atomic E-state index is 0.0121. The zero-order chi connectivity index (χ0) is 13.9. The van der Waals surface area contributed by atoms with Gasteiger partial charge >= 0.3 is 0 Å². The number of ether oxygens (including phenoxy) is 1. The third kappa shape index (κ3) is 4.38. The van der Waals surface area contributed by atoms with Crippen molar-refractivity contribution in [3.8, 4) is 5.75 Å². The topological polar surface area (TPSA) is 61.2 Å². The first-order chi connectivity index (χ1) is 8.89. The fourth-order valence-corrected chi connectivity index (χ4v) is 4.51. The monoisotopic (exact) mass is 306 g/mol. The molecule has 1 heterocycles. The first-order valence-electron chi connectivity index (χ1n) is 6.42. The Balaban J connectivity index is 2.05. The number of aryl methyl sites for hydroxylation is 1. The van der Waals surface area contributed by atoms with Gasteiger partial charge in [0.2, 0.25) is 9.05 Å². The molecule has 0 N–H and O–H groups in total. The second-order valence-electron chi connectivity index (χ2n) is 5.38. The Morgan fingerprint density at radius 2 is 2.11 bits per heavy atom. The van der Waals surface area contributed by atoms with E-state index in [1.165, 1.54) is 0 Å². The predicted molar refractivity (Wildman–Crippen MR) is 73.9 cm³/mol. The first kappa shape index (κ1) is 14.7. The van der Waals surface area contributed by atoms with Crippen LogP contribution in [0, 0.1) is 5.41 Å². The zero-order valence-electron chi connectivity index (χ0n) is 11.0. The minimum Gasteiger partial charge on any atom is -0.490 e. The molecule has 1 fully saturated rings. The van der Waals surface area contributed by atoms with Gasteiger partial charge in [-0.15, -0.1) is 0 Å². The van der Waals surface area contributed by atoms with Crippen LogP contribution in [-0.4, -0.2) is 30.6 Å². The number of hydrogen-bond acceptors (Lipinski definition) is 4. The molecule has 0 atom stereocenters. The Labute approximate surface area is 118 Å². The molecule has 0 unspecified atom stereocenters. The smallest absolute Gasteiger partial charge is 0.233 e. The van der Waals surface area contributed by atoms with E-state index >= 15 is 0 Å². The summed E-state index contributed by atoms with van der Waals surface area (Å²) in [6.45, 7) is 0.380. The van der Waals surface area contributed by atoms with Crippen molar-refractivity contribution >= 4 is 19.7 Å². The summed E-state index contributed by atoms with van der Waals surface area (Å²) in [5, 5.41) is 4.03. The lowest BCUT2D eigenvalue weighted by atomic mass is 9.76. The summed E-state index contributed by atoms with van der Waals surface area (Å²) in [7, 11) is 3.74. The fourth-order valence-electron chi connectivity index (χ4n) is 2.71. The minimum atomic E-state index is -3.51. The lowest BCUT2D eigenvalue weighted by Gasteiger charge is -2.35. The van der Waals surface area contributed by atoms with Gasteiger partial charge in [0, 0.05) is 23.1 Å². The maximum absolute atomic E-state index is 11.4. The van der Waals surface area contributed by atoms with Gasteiger partial charge in [-0.2, -0.15) is 5.10 Å². The number of aromatic nitrogens is 2. The molecule has 1 aliphatic carbocycles. The second-order valence-corrected chi connectivity index (χ2v) is 8.16. The maximum Gasteiger partial charge on any atom is 0.233 e. The summed E-state index contributed by atoms with van der Waals surface area (Å²) in [6.07, 6.45) is 8.30. The summed E-state index contributed by atoms with van der Waals surface area (Å²) in [4.78, 5) is 0. The van der Waals surface area contributed by atoms with Crippen LogP contribution in [0.1, 0.15) is 32.1 Å². The van der Waals surface area contributed by atoms with Gasteiger partial charge in [0.05, 0.1) is 24.8 Å². The van der Waals surface area contributed by atoms with E-state index in [1.807, 2.05) is 7.05 Å². The van der Waals surface area contributed by atoms with Crippen LogP contribution in [0.5, 0.6) is 5.75 Å². The summed E-state index contributed by atoms with van der Waals surface area (Å²) in [6, 6.07) is 0. The van der Waals surface area contributed by atoms with Gasteiger partial charge in [-0.1, -0.05) is 19.3 Å². The van der Waals surface area contributed by atoms with Crippen molar-refractivity contribution in [3.63, 3.8) is 0 Å². The zero-order valence-corrected chi connectivity index (χ0v) is 12.6. The van der Waals surface area contributed by atoms with Gasteiger partial charge in [0.15, 0.2) is 5.75 Å². The molecule has 2 rings (SSSR count). The van der Waals surface area contributed by atoms with E-state index in [2.05, 4.69) is 5.10 Å². The van der Waals surface area contributed by atoms with E-state index in [-0.39, 0.29) is 11.2 Å². The predicted octanol–water partition coefficient (Wildman–Crippen LogP) is 2.32. The van der Waals surface area contributed by atoms with E-state index in [4.69, 9.17) is 15.4 Å². The standard InChI is InChI=1S/C12H19ClN2O3S/c1-15-8-11(7-14-15)18-9-12(10-19(13,16)17)5-3-2-4-6-12/h7-8H,2-6,9-10H2,1H3. The highest BCUT2D eigenvalue weighted by Crippen LogP contribution is 2.38. The molecular formula is C12H19ClN2O3S. The van der Waals surface area contributed by atoms with Crippen molar-refractivity contribution in [3.05, 3.63) is 12.4 Å². The largest absolute Gasteiger partial charge is 0.490 e. The summed E-state index contributed by atoms with van der Waals surface area (Å²) in [5.74, 6) is 0.654. The van der Waals surface area contributed by atoms with Crippen LogP contribution < -0.4 is 4.74 Å². The highest BCUT2D eigenvalue weighted by Gasteiger charge is 2.37. The Kier molecular flexibility index (Phi) is 4.40. The van der Waals surface area contributed by atoms with Crippen molar-refractivity contribution < 1.29 is 13.2 Å². The summed E-state index contributed by atoms with van der Waals surface area (Å²) < 4.78 is 30.2. The molecule has 1 aromatic rings. The second kappa shape index (κ2) is 5.71. The quantitative estimate of drug-likeness (QED) is 0.783. The molecule has 0 bridgehead atoms. The molecule has 1 aliphatic rings. The van der Waals surface area contributed by atoms with Gasteiger partial charge in [-0.3, -0.25) is 4.68 Å². The Hall–Kier alpha value is -0.750. The fraction of sp³-hybridized carbons (Fsp3) is 0.750. The van der Waals surface area contributed by atoms with Crippen molar-refractivity contribution in [2.24, 2.45) is 12.5 Å². The molecule has 0 aliphatic heterocycles. The lowest BCUT2D eigenvalue weighted by molar-refractivity contribution is 0.119. The molecule has 0 saturated heterocycles. The van der Waals surface area contributed by atoms with Gasteiger partial charge < -0.3 is 4.74 Å². The van der Waals surface area contributed by atoms with Gasteiger partial charge in [-0.05, 0) is 12.8 Å². The highest BCUT2D eigenvalue weighted by atomic mass is 35.7. The molecule has 1 aromatic heterocycles. The van der Waals surface area contributed by atoms with Gasteiger partial charge in [0.25, 0.3) is 0 Å². The summed E-state index contributed by atoms with van der Waals surface area (Å²) in [5.41, 5.74) is -0.353. The highest BCUT2D eigenvalue weighted by molar-refractivity contribution is 8.13. The maximum atomic E-state index is 11.4. The lowest BCUT2D eigenvalue weighted by Crippen LogP contribution is -2.36. The Bertz CT molecular complexity index is 521. The van der Waals surface area contributed by atoms with E-state index < -0.39 is 9.05 Å². The van der Waals surface area contributed by atoms with Crippen LogP contribution in [0.15, 0.2) is 12.4 Å². The molecule has 108 valence electrons. The van der Waals surface area contributed by atoms with Crippen molar-refractivity contribution in [2.75, 3.05) is 12.4 Å². The van der Waals surface area contributed by atoms with Crippen molar-refractivity contribution in [1.82, 2.24) is 9.78 Å². The average molecular weight is 307 g/mol. The van der Waals surface area contributed by atoms with Crippen LogP contribution in [-0.2, 0) is 16.1 Å². The van der Waals surface area contributed by atoms with Crippen LogP contribution in [0.25, 0.3) is 0 Å². The average Bonchev–Trinajstić information content (AvgIpc) is 2.72. The van der Waals surface area contributed by atoms with Crippen molar-refractivity contribution in [1.29, 1.82) is 0 Å². The number of rotatable bonds is 5. The van der Waals surface area contributed by atoms with Crippen LogP contribution in [0.2, 0.25) is 0 Å². The molecule has 0 aromatic carbocycles. The number of hydrogen-bond donors (Lipinski definition) is 0. The Morgan fingerprint density at radius 3 is 2.63 bits per heavy atom. The van der Waals surface area contributed by atoms with Crippen LogP contribution >= 0.6 is 10.7 Å². The Morgan fingerprint density at radius 1 is 1.42 bits per heavy atom. The van der Waals surface area contributed by atoms with Gasteiger partial charge in [0.1, 0.15) is 0 Å². The van der Waals surface area contributed by atoms with Crippen molar-refractivity contribution in [2.45, 2.75) is 32.1 Å². The third-order valence-corrected chi connectivity index (χ3v) is 4.90. The third-order valence-electron chi connectivity index (χ3n) is 3.62. The molecule has 0 spiro atoms. The SMILES string of the molecule is Cn1cc(OCC2(CS(=O)(=O)Cl)CCCCC2)cn1. The molecule has 0 radical (unpaired) electrons. The van der Waals surface area contributed by atoms with E-state index in [1.54, 1.807) is 17.1 Å². The van der Waals surface area contributed by atoms with E-state index in [0.717, 1.165) is 32.1 Å².